The third-order valence-electron chi connectivity index (χ3n) is 4.92. The van der Waals surface area contributed by atoms with Crippen LogP contribution in [0.5, 0.6) is 0 Å². The lowest BCUT2D eigenvalue weighted by Crippen LogP contribution is -2.34. The van der Waals surface area contributed by atoms with E-state index < -0.39 is 11.9 Å². The van der Waals surface area contributed by atoms with Crippen molar-refractivity contribution >= 4 is 0 Å². The van der Waals surface area contributed by atoms with Gasteiger partial charge in [0, 0.05) is 18.2 Å². The van der Waals surface area contributed by atoms with E-state index in [4.69, 9.17) is 4.52 Å². The van der Waals surface area contributed by atoms with Crippen LogP contribution < -0.4 is 11.1 Å². The molecule has 1 aromatic heterocycles. The number of nitrogens with zero attached hydrogens (tertiary/aromatic N) is 2. The molecule has 0 saturated heterocycles. The molecule has 4 rings (SSSR count). The first kappa shape index (κ1) is 17.6. The number of rotatable bonds is 6. The largest absolute Gasteiger partial charge is 0.441 e. The van der Waals surface area contributed by atoms with Crippen molar-refractivity contribution in [3.8, 4) is 11.4 Å². The minimum atomic E-state index is -0.817. The quantitative estimate of drug-likeness (QED) is 0.697. The predicted octanol–water partition coefficient (Wildman–Crippen LogP) is 2.28. The fraction of sp³-hybridized carbons (Fsp3) is 0.300. The van der Waals surface area contributed by atoms with E-state index in [1.54, 1.807) is 6.07 Å². The zero-order chi connectivity index (χ0) is 18.8. The summed E-state index contributed by atoms with van der Waals surface area (Å²) in [6.07, 6.45) is 0.645. The second-order valence-electron chi connectivity index (χ2n) is 6.71. The Morgan fingerprint density at radius 1 is 1.26 bits per heavy atom. The van der Waals surface area contributed by atoms with Gasteiger partial charge >= 0.3 is 5.76 Å². The maximum absolute atomic E-state index is 13.8. The Morgan fingerprint density at radius 3 is 2.89 bits per heavy atom. The summed E-state index contributed by atoms with van der Waals surface area (Å²) in [5.74, 6) is -0.407. The smallest absolute Gasteiger partial charge is 0.390 e. The molecule has 2 N–H and O–H groups in total. The van der Waals surface area contributed by atoms with E-state index in [9.17, 15) is 14.3 Å². The monoisotopic (exact) mass is 369 g/mol. The Morgan fingerprint density at radius 2 is 2.07 bits per heavy atom. The van der Waals surface area contributed by atoms with Crippen molar-refractivity contribution < 1.29 is 14.0 Å². The number of nitrogens with one attached hydrogen (secondary N) is 1. The SMILES string of the molecule is O=c1onc(-c2ccccc2)n1CC(O)CN[C@H]1CCc2c(F)cccc21. The summed E-state index contributed by atoms with van der Waals surface area (Å²) in [6.45, 7) is 0.328. The maximum atomic E-state index is 13.8. The fourth-order valence-corrected chi connectivity index (χ4v) is 3.60. The molecular weight excluding hydrogens is 349 g/mol. The lowest BCUT2D eigenvalue weighted by Gasteiger charge is -2.18. The lowest BCUT2D eigenvalue weighted by molar-refractivity contribution is 0.145. The van der Waals surface area contributed by atoms with Gasteiger partial charge < -0.3 is 10.4 Å². The van der Waals surface area contributed by atoms with Gasteiger partial charge in [0.25, 0.3) is 0 Å². The van der Waals surface area contributed by atoms with E-state index in [2.05, 4.69) is 10.5 Å². The van der Waals surface area contributed by atoms with Crippen LogP contribution in [0, 0.1) is 5.82 Å². The molecule has 2 atom stereocenters. The van der Waals surface area contributed by atoms with Crippen LogP contribution in [-0.2, 0) is 13.0 Å². The number of hydrogen-bond donors (Lipinski definition) is 2. The molecule has 0 aliphatic heterocycles. The highest BCUT2D eigenvalue weighted by molar-refractivity contribution is 5.54. The summed E-state index contributed by atoms with van der Waals surface area (Å²) in [7, 11) is 0. The molecular formula is C20H20FN3O3. The van der Waals surface area contributed by atoms with Crippen molar-refractivity contribution in [2.45, 2.75) is 31.5 Å². The first-order valence-corrected chi connectivity index (χ1v) is 8.94. The molecule has 2 aromatic carbocycles. The van der Waals surface area contributed by atoms with Crippen molar-refractivity contribution in [2.75, 3.05) is 6.54 Å². The van der Waals surface area contributed by atoms with E-state index in [1.807, 2.05) is 36.4 Å². The van der Waals surface area contributed by atoms with E-state index >= 15 is 0 Å². The minimum Gasteiger partial charge on any atom is -0.390 e. The summed E-state index contributed by atoms with van der Waals surface area (Å²) in [5.41, 5.74) is 2.42. The van der Waals surface area contributed by atoms with Gasteiger partial charge in [-0.15, -0.1) is 0 Å². The molecule has 0 fully saturated rings. The van der Waals surface area contributed by atoms with E-state index in [-0.39, 0.29) is 24.9 Å². The average Bonchev–Trinajstić information content (AvgIpc) is 3.26. The van der Waals surface area contributed by atoms with Gasteiger partial charge in [0.15, 0.2) is 5.82 Å². The number of aliphatic hydroxyl groups excluding tert-OH is 1. The third-order valence-corrected chi connectivity index (χ3v) is 4.92. The summed E-state index contributed by atoms with van der Waals surface area (Å²) in [4.78, 5) is 12.0. The molecule has 0 radical (unpaired) electrons. The van der Waals surface area contributed by atoms with Crippen molar-refractivity contribution in [3.63, 3.8) is 0 Å². The number of hydrogen-bond acceptors (Lipinski definition) is 5. The van der Waals surface area contributed by atoms with Gasteiger partial charge in [0.05, 0.1) is 12.6 Å². The van der Waals surface area contributed by atoms with Gasteiger partial charge in [-0.3, -0.25) is 9.09 Å². The van der Waals surface area contributed by atoms with E-state index in [1.165, 1.54) is 10.6 Å². The minimum absolute atomic E-state index is 0.00172. The summed E-state index contributed by atoms with van der Waals surface area (Å²) >= 11 is 0. The van der Waals surface area contributed by atoms with Crippen LogP contribution in [-0.4, -0.2) is 27.5 Å². The molecule has 0 saturated carbocycles. The second-order valence-corrected chi connectivity index (χ2v) is 6.71. The highest BCUT2D eigenvalue weighted by Gasteiger charge is 2.25. The van der Waals surface area contributed by atoms with Crippen molar-refractivity contribution in [2.24, 2.45) is 0 Å². The molecule has 1 aliphatic carbocycles. The van der Waals surface area contributed by atoms with Crippen LogP contribution in [0.4, 0.5) is 4.39 Å². The molecule has 1 unspecified atom stereocenters. The highest BCUT2D eigenvalue weighted by atomic mass is 19.1. The van der Waals surface area contributed by atoms with Gasteiger partial charge in [-0.1, -0.05) is 47.6 Å². The van der Waals surface area contributed by atoms with E-state index in [0.717, 1.165) is 23.1 Å². The van der Waals surface area contributed by atoms with Gasteiger partial charge in [-0.2, -0.15) is 0 Å². The normalized spacial score (nSPS) is 17.0. The Hall–Kier alpha value is -2.77. The predicted molar refractivity (Wildman–Crippen MR) is 97.7 cm³/mol. The number of fused-ring (bicyclic) bond motifs is 1. The molecule has 0 spiro atoms. The molecule has 27 heavy (non-hydrogen) atoms. The molecule has 140 valence electrons. The van der Waals surface area contributed by atoms with E-state index in [0.29, 0.717) is 12.2 Å². The molecule has 0 amide bonds. The van der Waals surface area contributed by atoms with Crippen LogP contribution in [0.25, 0.3) is 11.4 Å². The van der Waals surface area contributed by atoms with Gasteiger partial charge in [-0.05, 0) is 30.0 Å². The first-order chi connectivity index (χ1) is 13.1. The zero-order valence-electron chi connectivity index (χ0n) is 14.6. The Bertz CT molecular complexity index is 984. The summed E-state index contributed by atoms with van der Waals surface area (Å²) < 4.78 is 19.9. The Labute approximate surface area is 155 Å². The van der Waals surface area contributed by atoms with Crippen LogP contribution >= 0.6 is 0 Å². The standard InChI is InChI=1S/C20H20FN3O3/c21-17-8-4-7-16-15(17)9-10-18(16)22-11-14(25)12-24-19(23-27-20(24)26)13-5-2-1-3-6-13/h1-8,14,18,22,25H,9-12H2/t14?,18-/m0/s1. The molecule has 1 aliphatic rings. The molecule has 0 bridgehead atoms. The second kappa shape index (κ2) is 7.46. The van der Waals surface area contributed by atoms with Crippen molar-refractivity contribution in [3.05, 3.63) is 76.0 Å². The van der Waals surface area contributed by atoms with Gasteiger partial charge in [0.1, 0.15) is 5.82 Å². The highest BCUT2D eigenvalue weighted by Crippen LogP contribution is 2.32. The van der Waals surface area contributed by atoms with Crippen LogP contribution in [0.1, 0.15) is 23.6 Å². The Kier molecular flexibility index (Phi) is 4.87. The number of aromatic nitrogens is 2. The molecule has 6 nitrogen and oxygen atoms in total. The van der Waals surface area contributed by atoms with Gasteiger partial charge in [-0.25, -0.2) is 9.18 Å². The number of benzene rings is 2. The maximum Gasteiger partial charge on any atom is 0.441 e. The third kappa shape index (κ3) is 3.56. The molecule has 7 heteroatoms. The molecule has 1 heterocycles. The fourth-order valence-electron chi connectivity index (χ4n) is 3.60. The first-order valence-electron chi connectivity index (χ1n) is 8.94. The topological polar surface area (TPSA) is 80.3 Å². The van der Waals surface area contributed by atoms with Crippen molar-refractivity contribution in [1.29, 1.82) is 0 Å². The van der Waals surface area contributed by atoms with Crippen LogP contribution in [0.15, 0.2) is 57.8 Å². The number of aliphatic hydroxyl groups is 1. The van der Waals surface area contributed by atoms with Crippen LogP contribution in [0.2, 0.25) is 0 Å². The summed E-state index contributed by atoms with van der Waals surface area (Å²) in [6, 6.07) is 14.3. The summed E-state index contributed by atoms with van der Waals surface area (Å²) in [5, 5.41) is 17.5. The Balaban J connectivity index is 1.43. The average molecular weight is 369 g/mol. The van der Waals surface area contributed by atoms with Gasteiger partial charge in [0.2, 0.25) is 0 Å². The van der Waals surface area contributed by atoms with Crippen molar-refractivity contribution in [1.82, 2.24) is 15.0 Å². The molecule has 3 aromatic rings. The van der Waals surface area contributed by atoms with Crippen LogP contribution in [0.3, 0.4) is 0 Å². The zero-order valence-corrected chi connectivity index (χ0v) is 14.6. The lowest BCUT2D eigenvalue weighted by atomic mass is 10.1. The number of halogens is 1.